The topological polar surface area (TPSA) is 33.1 Å². The summed E-state index contributed by atoms with van der Waals surface area (Å²) in [6, 6.07) is 6.58. The van der Waals surface area contributed by atoms with Gasteiger partial charge in [-0.3, -0.25) is 0 Å². The number of aliphatic hydroxyl groups excluding tert-OH is 1. The average Bonchev–Trinajstić information content (AvgIpc) is 2.78. The van der Waals surface area contributed by atoms with Crippen LogP contribution in [0.3, 0.4) is 0 Å². The highest BCUT2D eigenvalue weighted by Crippen LogP contribution is 2.30. The number of thiazole rings is 1. The number of aliphatic hydroxyl groups is 1. The number of benzene rings is 1. The molecule has 1 N–H and O–H groups in total. The van der Waals surface area contributed by atoms with Crippen molar-refractivity contribution < 1.29 is 9.50 Å². The normalized spacial score (nSPS) is 12.7. The minimum atomic E-state index is -0.264. The molecule has 16 heavy (non-hydrogen) atoms. The lowest BCUT2D eigenvalue weighted by molar-refractivity contribution is 0.274. The molecule has 1 aromatic carbocycles. The summed E-state index contributed by atoms with van der Waals surface area (Å²) < 4.78 is 13.5. The van der Waals surface area contributed by atoms with E-state index in [2.05, 4.69) is 4.98 Å². The molecule has 0 aliphatic carbocycles. The number of nitrogens with zero attached hydrogens (tertiary/aromatic N) is 1. The van der Waals surface area contributed by atoms with Crippen molar-refractivity contribution in [3.63, 3.8) is 0 Å². The fourth-order valence-electron chi connectivity index (χ4n) is 1.36. The van der Waals surface area contributed by atoms with Crippen LogP contribution >= 0.6 is 11.3 Å². The maximum absolute atomic E-state index is 13.5. The first-order valence-electron chi connectivity index (χ1n) is 5.04. The van der Waals surface area contributed by atoms with Crippen LogP contribution in [0.2, 0.25) is 0 Å². The van der Waals surface area contributed by atoms with E-state index in [1.165, 1.54) is 17.4 Å². The predicted molar refractivity (Wildman–Crippen MR) is 63.0 cm³/mol. The molecule has 1 heterocycles. The van der Waals surface area contributed by atoms with E-state index in [1.54, 1.807) is 24.4 Å². The van der Waals surface area contributed by atoms with Gasteiger partial charge in [-0.25, -0.2) is 9.37 Å². The van der Waals surface area contributed by atoms with Gasteiger partial charge in [0.1, 0.15) is 10.8 Å². The number of aromatic nitrogens is 1. The zero-order valence-corrected chi connectivity index (χ0v) is 9.67. The molecule has 0 bridgehead atoms. The molecule has 1 unspecified atom stereocenters. The Bertz CT molecular complexity index is 483. The fourth-order valence-corrected chi connectivity index (χ4v) is 2.35. The maximum Gasteiger partial charge on any atom is 0.133 e. The van der Waals surface area contributed by atoms with Gasteiger partial charge in [-0.1, -0.05) is 19.1 Å². The second-order valence-corrected chi connectivity index (χ2v) is 4.69. The summed E-state index contributed by atoms with van der Waals surface area (Å²) in [6.45, 7) is 2.00. The number of hydrogen-bond donors (Lipinski definition) is 1. The molecule has 2 aromatic rings. The molecule has 0 fully saturated rings. The van der Waals surface area contributed by atoms with E-state index in [-0.39, 0.29) is 18.3 Å². The highest BCUT2D eigenvalue weighted by molar-refractivity contribution is 7.15. The van der Waals surface area contributed by atoms with E-state index >= 15 is 0 Å². The molecule has 0 saturated carbocycles. The second kappa shape index (κ2) is 4.72. The van der Waals surface area contributed by atoms with Crippen molar-refractivity contribution in [3.8, 4) is 10.6 Å². The lowest BCUT2D eigenvalue weighted by atomic mass is 10.2. The van der Waals surface area contributed by atoms with Crippen molar-refractivity contribution in [2.75, 3.05) is 6.61 Å². The highest BCUT2D eigenvalue weighted by Gasteiger charge is 2.12. The van der Waals surface area contributed by atoms with Crippen LogP contribution < -0.4 is 0 Å². The van der Waals surface area contributed by atoms with Crippen LogP contribution in [-0.2, 0) is 0 Å². The smallest absolute Gasteiger partial charge is 0.133 e. The lowest BCUT2D eigenvalue weighted by Gasteiger charge is -2.01. The fraction of sp³-hybridized carbons (Fsp3) is 0.250. The van der Waals surface area contributed by atoms with Gasteiger partial charge in [0.15, 0.2) is 0 Å². The molecule has 2 rings (SSSR count). The van der Waals surface area contributed by atoms with Crippen molar-refractivity contribution in [2.24, 2.45) is 0 Å². The molecule has 0 radical (unpaired) electrons. The predicted octanol–water partition coefficient (Wildman–Crippen LogP) is 3.05. The van der Waals surface area contributed by atoms with Crippen LogP contribution in [0.1, 0.15) is 17.7 Å². The lowest BCUT2D eigenvalue weighted by Crippen LogP contribution is -1.94. The zero-order chi connectivity index (χ0) is 11.5. The third-order valence-corrected chi connectivity index (χ3v) is 3.65. The van der Waals surface area contributed by atoms with Crippen molar-refractivity contribution in [1.29, 1.82) is 0 Å². The average molecular weight is 237 g/mol. The molecule has 84 valence electrons. The molecule has 0 amide bonds. The largest absolute Gasteiger partial charge is 0.396 e. The highest BCUT2D eigenvalue weighted by atomic mass is 32.1. The monoisotopic (exact) mass is 237 g/mol. The van der Waals surface area contributed by atoms with Gasteiger partial charge < -0.3 is 5.11 Å². The van der Waals surface area contributed by atoms with E-state index in [0.29, 0.717) is 10.6 Å². The Morgan fingerprint density at radius 1 is 1.44 bits per heavy atom. The molecule has 0 saturated heterocycles. The molecule has 1 atom stereocenters. The SMILES string of the molecule is CC(CO)c1cnc(-c2ccccc2F)s1. The van der Waals surface area contributed by atoms with Crippen LogP contribution in [0, 0.1) is 5.82 Å². The quantitative estimate of drug-likeness (QED) is 0.890. The van der Waals surface area contributed by atoms with Gasteiger partial charge in [-0.2, -0.15) is 0 Å². The second-order valence-electron chi connectivity index (χ2n) is 3.63. The molecular formula is C12H12FNOS. The number of halogens is 1. The Kier molecular flexibility index (Phi) is 3.31. The van der Waals surface area contributed by atoms with Crippen LogP contribution in [0.5, 0.6) is 0 Å². The molecule has 0 aliphatic heterocycles. The van der Waals surface area contributed by atoms with Crippen molar-refractivity contribution in [2.45, 2.75) is 12.8 Å². The summed E-state index contributed by atoms with van der Waals surface area (Å²) in [5.74, 6) is -0.210. The van der Waals surface area contributed by atoms with E-state index in [1.807, 2.05) is 6.92 Å². The van der Waals surface area contributed by atoms with Gasteiger partial charge in [0.05, 0.1) is 6.61 Å². The first-order chi connectivity index (χ1) is 7.72. The van der Waals surface area contributed by atoms with Crippen LogP contribution in [0.4, 0.5) is 4.39 Å². The summed E-state index contributed by atoms with van der Waals surface area (Å²) in [4.78, 5) is 5.16. The first-order valence-corrected chi connectivity index (χ1v) is 5.85. The molecule has 1 aromatic heterocycles. The van der Waals surface area contributed by atoms with Gasteiger partial charge in [-0.05, 0) is 12.1 Å². The molecule has 0 aliphatic rings. The molecule has 4 heteroatoms. The third kappa shape index (κ3) is 2.13. The van der Waals surface area contributed by atoms with Crippen molar-refractivity contribution in [1.82, 2.24) is 4.98 Å². The van der Waals surface area contributed by atoms with Gasteiger partial charge in [0.2, 0.25) is 0 Å². The summed E-state index contributed by atoms with van der Waals surface area (Å²) in [5.41, 5.74) is 0.517. The van der Waals surface area contributed by atoms with Gasteiger partial charge in [0, 0.05) is 22.6 Å². The van der Waals surface area contributed by atoms with Crippen molar-refractivity contribution in [3.05, 3.63) is 41.2 Å². The van der Waals surface area contributed by atoms with E-state index in [0.717, 1.165) is 4.88 Å². The minimum absolute atomic E-state index is 0.0537. The first kappa shape index (κ1) is 11.2. The van der Waals surface area contributed by atoms with E-state index in [9.17, 15) is 4.39 Å². The Labute approximate surface area is 97.4 Å². The molecule has 2 nitrogen and oxygen atoms in total. The zero-order valence-electron chi connectivity index (χ0n) is 8.85. The van der Waals surface area contributed by atoms with Crippen molar-refractivity contribution >= 4 is 11.3 Å². The van der Waals surface area contributed by atoms with Gasteiger partial charge in [-0.15, -0.1) is 11.3 Å². The Balaban J connectivity index is 2.35. The summed E-state index contributed by atoms with van der Waals surface area (Å²) >= 11 is 1.42. The molecule has 0 spiro atoms. The maximum atomic E-state index is 13.5. The minimum Gasteiger partial charge on any atom is -0.396 e. The number of rotatable bonds is 3. The Morgan fingerprint density at radius 2 is 2.19 bits per heavy atom. The Hall–Kier alpha value is -1.26. The van der Waals surface area contributed by atoms with Crippen LogP contribution in [0.15, 0.2) is 30.5 Å². The Morgan fingerprint density at radius 3 is 2.88 bits per heavy atom. The van der Waals surface area contributed by atoms with E-state index in [4.69, 9.17) is 5.11 Å². The summed E-state index contributed by atoms with van der Waals surface area (Å²) in [5, 5.41) is 9.69. The van der Waals surface area contributed by atoms with Crippen LogP contribution in [0.25, 0.3) is 10.6 Å². The third-order valence-electron chi connectivity index (χ3n) is 2.39. The molecular weight excluding hydrogens is 225 g/mol. The summed E-state index contributed by atoms with van der Waals surface area (Å²) in [7, 11) is 0. The van der Waals surface area contributed by atoms with Crippen LogP contribution in [-0.4, -0.2) is 16.7 Å². The van der Waals surface area contributed by atoms with E-state index < -0.39 is 0 Å². The van der Waals surface area contributed by atoms with Gasteiger partial charge in [0.25, 0.3) is 0 Å². The standard InChI is InChI=1S/C12H12FNOS/c1-8(7-15)11-6-14-12(16-11)9-4-2-3-5-10(9)13/h2-6,8,15H,7H2,1H3. The van der Waals surface area contributed by atoms with Gasteiger partial charge >= 0.3 is 0 Å². The number of hydrogen-bond acceptors (Lipinski definition) is 3. The summed E-state index contributed by atoms with van der Waals surface area (Å²) in [6.07, 6.45) is 1.70.